The molecule has 0 saturated carbocycles. The molecular weight excluding hydrogens is 388 g/mol. The maximum atomic E-state index is 11.5. The van der Waals surface area contributed by atoms with Gasteiger partial charge >= 0.3 is 5.63 Å². The molecule has 0 saturated heterocycles. The van der Waals surface area contributed by atoms with Crippen LogP contribution in [0.4, 0.5) is 0 Å². The zero-order chi connectivity index (χ0) is 21.2. The fourth-order valence-corrected chi connectivity index (χ4v) is 2.96. The molecule has 2 aromatic heterocycles. The SMILES string of the molecule is Cc1cc(=O)oc2cc(OCCOCCOCCOCCn3cc[n+](C)c3)ccc12. The lowest BCUT2D eigenvalue weighted by Gasteiger charge is -2.09. The number of fused-ring (bicyclic) bond motifs is 1. The number of nitrogens with zero attached hydrogens (tertiary/aromatic N) is 2. The van der Waals surface area contributed by atoms with Crippen molar-refractivity contribution >= 4 is 11.0 Å². The molecule has 0 spiro atoms. The van der Waals surface area contributed by atoms with Crippen molar-refractivity contribution in [3.63, 3.8) is 0 Å². The van der Waals surface area contributed by atoms with Gasteiger partial charge in [-0.3, -0.25) is 0 Å². The van der Waals surface area contributed by atoms with Crippen LogP contribution in [0.25, 0.3) is 11.0 Å². The van der Waals surface area contributed by atoms with Crippen molar-refractivity contribution in [2.75, 3.05) is 46.2 Å². The van der Waals surface area contributed by atoms with E-state index in [1.54, 1.807) is 6.07 Å². The first-order valence-electron chi connectivity index (χ1n) is 10.0. The Hall–Kier alpha value is -2.68. The molecule has 0 aliphatic heterocycles. The van der Waals surface area contributed by atoms with Crippen LogP contribution in [0, 0.1) is 6.92 Å². The van der Waals surface area contributed by atoms with Crippen LogP contribution in [0.15, 0.2) is 52.2 Å². The molecule has 0 radical (unpaired) electrons. The smallest absolute Gasteiger partial charge is 0.336 e. The zero-order valence-electron chi connectivity index (χ0n) is 17.5. The van der Waals surface area contributed by atoms with E-state index in [9.17, 15) is 4.79 Å². The van der Waals surface area contributed by atoms with Crippen molar-refractivity contribution in [2.24, 2.45) is 7.05 Å². The van der Waals surface area contributed by atoms with Crippen LogP contribution in [0.5, 0.6) is 5.75 Å². The Morgan fingerprint density at radius 3 is 2.37 bits per heavy atom. The van der Waals surface area contributed by atoms with E-state index in [1.165, 1.54) is 6.07 Å². The van der Waals surface area contributed by atoms with Crippen molar-refractivity contribution in [3.05, 3.63) is 59.0 Å². The Bertz CT molecular complexity index is 981. The third-order valence-corrected chi connectivity index (χ3v) is 4.48. The fraction of sp³-hybridized carbons (Fsp3) is 0.455. The molecule has 0 amide bonds. The van der Waals surface area contributed by atoms with Gasteiger partial charge in [-0.05, 0) is 24.6 Å². The molecule has 0 aliphatic carbocycles. The van der Waals surface area contributed by atoms with Gasteiger partial charge in [-0.15, -0.1) is 0 Å². The molecule has 8 nitrogen and oxygen atoms in total. The second-order valence-corrected chi connectivity index (χ2v) is 6.91. The van der Waals surface area contributed by atoms with Crippen LogP contribution >= 0.6 is 0 Å². The van der Waals surface area contributed by atoms with Gasteiger partial charge in [-0.1, -0.05) is 0 Å². The molecule has 8 heteroatoms. The zero-order valence-corrected chi connectivity index (χ0v) is 17.5. The van der Waals surface area contributed by atoms with Gasteiger partial charge in [-0.2, -0.15) is 0 Å². The lowest BCUT2D eigenvalue weighted by Crippen LogP contribution is -2.24. The van der Waals surface area contributed by atoms with E-state index in [4.69, 9.17) is 23.4 Å². The van der Waals surface area contributed by atoms with Gasteiger partial charge in [0.1, 0.15) is 36.9 Å². The van der Waals surface area contributed by atoms with E-state index in [0.717, 1.165) is 17.5 Å². The van der Waals surface area contributed by atoms with E-state index in [1.807, 2.05) is 49.4 Å². The fourth-order valence-electron chi connectivity index (χ4n) is 2.96. The summed E-state index contributed by atoms with van der Waals surface area (Å²) in [5, 5.41) is 0.901. The predicted octanol–water partition coefficient (Wildman–Crippen LogP) is 1.86. The summed E-state index contributed by atoms with van der Waals surface area (Å²) in [6.07, 6.45) is 6.02. The van der Waals surface area contributed by atoms with E-state index in [-0.39, 0.29) is 5.63 Å². The summed E-state index contributed by atoms with van der Waals surface area (Å²) in [4.78, 5) is 11.5. The van der Waals surface area contributed by atoms with Crippen molar-refractivity contribution < 1.29 is 27.9 Å². The maximum Gasteiger partial charge on any atom is 0.336 e. The highest BCUT2D eigenvalue weighted by Gasteiger charge is 2.04. The monoisotopic (exact) mass is 417 g/mol. The Kier molecular flexibility index (Phi) is 8.43. The number of hydrogen-bond donors (Lipinski definition) is 0. The van der Waals surface area contributed by atoms with Gasteiger partial charge in [0.2, 0.25) is 6.33 Å². The molecule has 162 valence electrons. The molecule has 0 aliphatic rings. The third kappa shape index (κ3) is 6.98. The number of imidazole rings is 1. The Balaban J connectivity index is 1.19. The quantitative estimate of drug-likeness (QED) is 0.240. The Morgan fingerprint density at radius 2 is 1.67 bits per heavy atom. The highest BCUT2D eigenvalue weighted by atomic mass is 16.6. The summed E-state index contributed by atoms with van der Waals surface area (Å²) in [6.45, 7) is 6.33. The van der Waals surface area contributed by atoms with Crippen LogP contribution in [0.2, 0.25) is 0 Å². The summed E-state index contributed by atoms with van der Waals surface area (Å²) in [5.41, 5.74) is 1.05. The molecule has 0 unspecified atom stereocenters. The van der Waals surface area contributed by atoms with Gasteiger partial charge in [0.05, 0.1) is 46.7 Å². The van der Waals surface area contributed by atoms with Gasteiger partial charge in [-0.25, -0.2) is 13.9 Å². The average Bonchev–Trinajstić information content (AvgIpc) is 3.13. The second-order valence-electron chi connectivity index (χ2n) is 6.91. The summed E-state index contributed by atoms with van der Waals surface area (Å²) in [5.74, 6) is 0.641. The van der Waals surface area contributed by atoms with Crippen LogP contribution in [0.3, 0.4) is 0 Å². The number of aromatic nitrogens is 2. The average molecular weight is 417 g/mol. The van der Waals surface area contributed by atoms with Gasteiger partial charge < -0.3 is 23.4 Å². The molecule has 1 aromatic carbocycles. The van der Waals surface area contributed by atoms with E-state index < -0.39 is 0 Å². The third-order valence-electron chi connectivity index (χ3n) is 4.48. The van der Waals surface area contributed by atoms with Crippen LogP contribution < -0.4 is 14.9 Å². The van der Waals surface area contributed by atoms with Gasteiger partial charge in [0.15, 0.2) is 0 Å². The highest BCUT2D eigenvalue weighted by Crippen LogP contribution is 2.22. The molecule has 0 fully saturated rings. The summed E-state index contributed by atoms with van der Waals surface area (Å²) in [7, 11) is 1.99. The molecule has 2 heterocycles. The number of aryl methyl sites for hydroxylation is 2. The normalized spacial score (nSPS) is 11.3. The first kappa shape index (κ1) is 22.0. The van der Waals surface area contributed by atoms with Crippen LogP contribution in [-0.4, -0.2) is 50.8 Å². The molecule has 3 rings (SSSR count). The van der Waals surface area contributed by atoms with Crippen molar-refractivity contribution in [1.29, 1.82) is 0 Å². The van der Waals surface area contributed by atoms with E-state index in [2.05, 4.69) is 4.57 Å². The Morgan fingerprint density at radius 1 is 0.967 bits per heavy atom. The van der Waals surface area contributed by atoms with Crippen LogP contribution in [-0.2, 0) is 27.8 Å². The molecule has 0 N–H and O–H groups in total. The first-order chi connectivity index (χ1) is 14.6. The molecule has 0 atom stereocenters. The van der Waals surface area contributed by atoms with Crippen molar-refractivity contribution in [1.82, 2.24) is 4.57 Å². The second kappa shape index (κ2) is 11.5. The topological polar surface area (TPSA) is 75.9 Å². The van der Waals surface area contributed by atoms with Gasteiger partial charge in [0, 0.05) is 17.5 Å². The van der Waals surface area contributed by atoms with Crippen molar-refractivity contribution in [2.45, 2.75) is 13.5 Å². The lowest BCUT2D eigenvalue weighted by molar-refractivity contribution is -0.671. The number of ether oxygens (including phenoxy) is 4. The minimum absolute atomic E-state index is 0.360. The predicted molar refractivity (Wildman–Crippen MR) is 111 cm³/mol. The highest BCUT2D eigenvalue weighted by molar-refractivity contribution is 5.81. The standard InChI is InChI=1S/C22H29N2O6/c1-18-15-22(25)30-21-16-19(3-4-20(18)21)29-14-13-28-12-11-27-10-9-26-8-7-24-6-5-23(2)17-24/h3-6,15-17H,7-14H2,1-2H3/q+1. The number of rotatable bonds is 13. The summed E-state index contributed by atoms with van der Waals surface area (Å²) in [6, 6.07) is 6.95. The minimum Gasteiger partial charge on any atom is -0.491 e. The van der Waals surface area contributed by atoms with Gasteiger partial charge in [0.25, 0.3) is 0 Å². The number of hydrogen-bond acceptors (Lipinski definition) is 6. The molecule has 3 aromatic rings. The first-order valence-corrected chi connectivity index (χ1v) is 10.0. The largest absolute Gasteiger partial charge is 0.491 e. The van der Waals surface area contributed by atoms with E-state index >= 15 is 0 Å². The van der Waals surface area contributed by atoms with Crippen LogP contribution in [0.1, 0.15) is 5.56 Å². The number of benzene rings is 1. The Labute approximate surface area is 175 Å². The lowest BCUT2D eigenvalue weighted by atomic mass is 10.1. The van der Waals surface area contributed by atoms with Crippen molar-refractivity contribution in [3.8, 4) is 5.75 Å². The summed E-state index contributed by atoms with van der Waals surface area (Å²) >= 11 is 0. The summed E-state index contributed by atoms with van der Waals surface area (Å²) < 4.78 is 31.5. The minimum atomic E-state index is -0.360. The molecule has 30 heavy (non-hydrogen) atoms. The molecule has 0 bridgehead atoms. The maximum absolute atomic E-state index is 11.5. The molecular formula is C22H29N2O6+. The van der Waals surface area contributed by atoms with E-state index in [0.29, 0.717) is 57.6 Å².